The van der Waals surface area contributed by atoms with Gasteiger partial charge in [-0.2, -0.15) is 15.6 Å². The summed E-state index contributed by atoms with van der Waals surface area (Å²) >= 11 is 3.37. The van der Waals surface area contributed by atoms with Gasteiger partial charge < -0.3 is 5.11 Å². The number of halogens is 1. The summed E-state index contributed by atoms with van der Waals surface area (Å²) in [7, 11) is 0. The minimum absolute atomic E-state index is 0.289. The number of nitriles is 2. The van der Waals surface area contributed by atoms with Crippen molar-refractivity contribution >= 4 is 27.3 Å². The Morgan fingerprint density at radius 3 is 2.45 bits per heavy atom. The Morgan fingerprint density at radius 1 is 1.14 bits per heavy atom. The maximum absolute atomic E-state index is 10.5. The maximum atomic E-state index is 10.5. The van der Waals surface area contributed by atoms with Crippen molar-refractivity contribution in [1.82, 2.24) is 0 Å². The molecule has 5 nitrogen and oxygen atoms in total. The van der Waals surface area contributed by atoms with Gasteiger partial charge in [-0.25, -0.2) is 0 Å². The lowest BCUT2D eigenvalue weighted by Crippen LogP contribution is -2.05. The smallest absolute Gasteiger partial charge is 0.237 e. The number of anilines is 1. The quantitative estimate of drug-likeness (QED) is 0.650. The van der Waals surface area contributed by atoms with Gasteiger partial charge in [-0.1, -0.05) is 46.3 Å². The Morgan fingerprint density at radius 2 is 1.82 bits per heavy atom. The van der Waals surface area contributed by atoms with Crippen LogP contribution in [0.2, 0.25) is 0 Å². The number of aliphatic hydroxyl groups excluding tert-OH is 1. The predicted molar refractivity (Wildman–Crippen MR) is 86.9 cm³/mol. The summed E-state index contributed by atoms with van der Waals surface area (Å²) in [5.74, 6) is 0. The molecule has 1 unspecified atom stereocenters. The van der Waals surface area contributed by atoms with Gasteiger partial charge in [0.05, 0.1) is 5.69 Å². The lowest BCUT2D eigenvalue weighted by Gasteiger charge is -2.16. The summed E-state index contributed by atoms with van der Waals surface area (Å²) in [5, 5.41) is 31.7. The van der Waals surface area contributed by atoms with Gasteiger partial charge in [-0.15, -0.1) is 0 Å². The van der Waals surface area contributed by atoms with Crippen LogP contribution >= 0.6 is 15.9 Å². The molecule has 0 bridgehead atoms. The van der Waals surface area contributed by atoms with Gasteiger partial charge in [0.2, 0.25) is 5.71 Å². The van der Waals surface area contributed by atoms with Crippen LogP contribution in [0.25, 0.3) is 0 Å². The molecule has 2 rings (SSSR count). The summed E-state index contributed by atoms with van der Waals surface area (Å²) in [4.78, 5) is 0. The van der Waals surface area contributed by atoms with Gasteiger partial charge in [0.15, 0.2) is 0 Å². The third-order valence-corrected chi connectivity index (χ3v) is 3.42. The van der Waals surface area contributed by atoms with Crippen LogP contribution in [0.3, 0.4) is 0 Å². The molecule has 0 saturated heterocycles. The van der Waals surface area contributed by atoms with Crippen LogP contribution in [0, 0.1) is 22.7 Å². The topological polar surface area (TPSA) is 92.2 Å². The van der Waals surface area contributed by atoms with Crippen LogP contribution in [-0.2, 0) is 0 Å². The Balaban J connectivity index is 2.39. The molecule has 0 radical (unpaired) electrons. The minimum atomic E-state index is -0.857. The molecule has 2 aromatic carbocycles. The molecule has 0 aliphatic carbocycles. The third-order valence-electron chi connectivity index (χ3n) is 2.92. The normalized spacial score (nSPS) is 10.9. The average Bonchev–Trinajstić information content (AvgIpc) is 2.57. The van der Waals surface area contributed by atoms with Crippen molar-refractivity contribution in [2.24, 2.45) is 5.10 Å². The summed E-state index contributed by atoms with van der Waals surface area (Å²) < 4.78 is 0.799. The number of nitrogens with zero attached hydrogens (tertiary/aromatic N) is 3. The number of benzene rings is 2. The van der Waals surface area contributed by atoms with Gasteiger partial charge in [-0.05, 0) is 23.8 Å². The highest BCUT2D eigenvalue weighted by Crippen LogP contribution is 2.31. The summed E-state index contributed by atoms with van der Waals surface area (Å²) in [6, 6.07) is 17.8. The standard InChI is InChI=1S/C16H11BrN4O/c17-12-6-7-15(21-20-13(9-18)10-19)14(8-12)16(22)11-4-2-1-3-5-11/h1-8,16,21-22H. The monoisotopic (exact) mass is 354 g/mol. The molecule has 0 amide bonds. The van der Waals surface area contributed by atoms with Crippen LogP contribution in [0.5, 0.6) is 0 Å². The zero-order valence-corrected chi connectivity index (χ0v) is 12.9. The Bertz CT molecular complexity index is 759. The molecule has 0 heterocycles. The fourth-order valence-electron chi connectivity index (χ4n) is 1.87. The summed E-state index contributed by atoms with van der Waals surface area (Å²) in [6.07, 6.45) is -0.857. The van der Waals surface area contributed by atoms with E-state index in [4.69, 9.17) is 10.5 Å². The van der Waals surface area contributed by atoms with Crippen LogP contribution < -0.4 is 5.43 Å². The Hall–Kier alpha value is -2.67. The summed E-state index contributed by atoms with van der Waals surface area (Å²) in [6.45, 7) is 0. The number of hydrazone groups is 1. The van der Waals surface area contributed by atoms with Crippen LogP contribution in [0.15, 0.2) is 58.1 Å². The van der Waals surface area contributed by atoms with E-state index in [-0.39, 0.29) is 5.71 Å². The van der Waals surface area contributed by atoms with Crippen LogP contribution in [0.1, 0.15) is 17.2 Å². The fraction of sp³-hybridized carbons (Fsp3) is 0.0625. The predicted octanol–water partition coefficient (Wildman–Crippen LogP) is 3.35. The molecule has 0 saturated carbocycles. The molecule has 0 spiro atoms. The van der Waals surface area contributed by atoms with Gasteiger partial charge in [0, 0.05) is 10.0 Å². The Kier molecular flexibility index (Phi) is 5.26. The van der Waals surface area contributed by atoms with Gasteiger partial charge in [0.1, 0.15) is 18.2 Å². The molecule has 0 aliphatic rings. The van der Waals surface area contributed by atoms with Gasteiger partial charge in [-0.3, -0.25) is 5.43 Å². The van der Waals surface area contributed by atoms with Crippen molar-refractivity contribution < 1.29 is 5.11 Å². The van der Waals surface area contributed by atoms with Gasteiger partial charge >= 0.3 is 0 Å². The molecule has 0 aromatic heterocycles. The highest BCUT2D eigenvalue weighted by molar-refractivity contribution is 9.10. The van der Waals surface area contributed by atoms with E-state index in [1.165, 1.54) is 0 Å². The highest BCUT2D eigenvalue weighted by Gasteiger charge is 2.15. The molecule has 2 aromatic rings. The molecule has 22 heavy (non-hydrogen) atoms. The maximum Gasteiger partial charge on any atom is 0.237 e. The van der Waals surface area contributed by atoms with E-state index < -0.39 is 6.10 Å². The van der Waals surface area contributed by atoms with E-state index in [0.29, 0.717) is 11.3 Å². The van der Waals surface area contributed by atoms with Gasteiger partial charge in [0.25, 0.3) is 0 Å². The number of hydrogen-bond donors (Lipinski definition) is 2. The second kappa shape index (κ2) is 7.37. The number of rotatable bonds is 4. The van der Waals surface area contributed by atoms with E-state index in [0.717, 1.165) is 10.0 Å². The second-order valence-electron chi connectivity index (χ2n) is 4.34. The lowest BCUT2D eigenvalue weighted by molar-refractivity contribution is 0.221. The first-order valence-electron chi connectivity index (χ1n) is 6.32. The first-order valence-corrected chi connectivity index (χ1v) is 7.11. The highest BCUT2D eigenvalue weighted by atomic mass is 79.9. The number of hydrogen-bond acceptors (Lipinski definition) is 5. The first-order chi connectivity index (χ1) is 10.7. The number of nitrogens with one attached hydrogen (secondary N) is 1. The second-order valence-corrected chi connectivity index (χ2v) is 5.26. The first kappa shape index (κ1) is 15.7. The molecule has 2 N–H and O–H groups in total. The molecule has 0 fully saturated rings. The average molecular weight is 355 g/mol. The van der Waals surface area contributed by atoms with Crippen molar-refractivity contribution in [2.75, 3.05) is 5.43 Å². The zero-order chi connectivity index (χ0) is 15.9. The molecular weight excluding hydrogens is 344 g/mol. The summed E-state index contributed by atoms with van der Waals surface area (Å²) in [5.41, 5.74) is 4.20. The Labute approximate surface area is 136 Å². The van der Waals surface area contributed by atoms with E-state index in [9.17, 15) is 5.11 Å². The van der Waals surface area contributed by atoms with Crippen LogP contribution in [0.4, 0.5) is 5.69 Å². The van der Waals surface area contributed by atoms with E-state index in [2.05, 4.69) is 26.5 Å². The third kappa shape index (κ3) is 3.70. The van der Waals surface area contributed by atoms with Crippen molar-refractivity contribution in [1.29, 1.82) is 10.5 Å². The molecular formula is C16H11BrN4O. The number of aliphatic hydroxyl groups is 1. The van der Waals surface area contributed by atoms with Crippen molar-refractivity contribution in [3.63, 3.8) is 0 Å². The fourth-order valence-corrected chi connectivity index (χ4v) is 2.25. The van der Waals surface area contributed by atoms with E-state index >= 15 is 0 Å². The lowest BCUT2D eigenvalue weighted by atomic mass is 10.0. The zero-order valence-electron chi connectivity index (χ0n) is 11.4. The van der Waals surface area contributed by atoms with Crippen molar-refractivity contribution in [3.8, 4) is 12.1 Å². The molecule has 1 atom stereocenters. The largest absolute Gasteiger partial charge is 0.384 e. The van der Waals surface area contributed by atoms with Crippen molar-refractivity contribution in [3.05, 3.63) is 64.1 Å². The van der Waals surface area contributed by atoms with E-state index in [1.807, 2.05) is 30.3 Å². The molecule has 108 valence electrons. The van der Waals surface area contributed by atoms with E-state index in [1.54, 1.807) is 30.3 Å². The SMILES string of the molecule is N#CC(C#N)=NNc1ccc(Br)cc1C(O)c1ccccc1. The van der Waals surface area contributed by atoms with Crippen LogP contribution in [-0.4, -0.2) is 10.8 Å². The van der Waals surface area contributed by atoms with Crippen molar-refractivity contribution in [2.45, 2.75) is 6.10 Å². The molecule has 0 aliphatic heterocycles. The minimum Gasteiger partial charge on any atom is -0.384 e. The molecule has 6 heteroatoms.